The Labute approximate surface area is 165 Å². The molecule has 1 heterocycles. The van der Waals surface area contributed by atoms with E-state index in [9.17, 15) is 14.9 Å². The van der Waals surface area contributed by atoms with Crippen LogP contribution in [0.25, 0.3) is 0 Å². The van der Waals surface area contributed by atoms with Crippen molar-refractivity contribution in [1.29, 1.82) is 5.26 Å². The first-order valence-electron chi connectivity index (χ1n) is 9.51. The summed E-state index contributed by atoms with van der Waals surface area (Å²) in [6.07, 6.45) is 5.33. The topological polar surface area (TPSA) is 61.2 Å². The third-order valence-electron chi connectivity index (χ3n) is 5.80. The molecule has 2 aliphatic rings. The van der Waals surface area contributed by atoms with Crippen molar-refractivity contribution in [3.63, 3.8) is 0 Å². The Hall–Kier alpha value is -2.12. The van der Waals surface area contributed by atoms with Crippen LogP contribution in [0.1, 0.15) is 51.5 Å². The van der Waals surface area contributed by atoms with Crippen molar-refractivity contribution < 1.29 is 9.59 Å². The van der Waals surface area contributed by atoms with Crippen molar-refractivity contribution in [1.82, 2.24) is 4.90 Å². The van der Waals surface area contributed by atoms with E-state index in [0.29, 0.717) is 31.0 Å². The average Bonchev–Trinajstić information content (AvgIpc) is 3.44. The Morgan fingerprint density at radius 2 is 1.81 bits per heavy atom. The molecule has 0 N–H and O–H groups in total. The van der Waals surface area contributed by atoms with Gasteiger partial charge < -0.3 is 4.90 Å². The van der Waals surface area contributed by atoms with E-state index in [1.54, 1.807) is 6.08 Å². The number of benzene rings is 1. The lowest BCUT2D eigenvalue weighted by molar-refractivity contribution is -0.134. The first-order chi connectivity index (χ1) is 12.8. The Morgan fingerprint density at radius 1 is 1.15 bits per heavy atom. The summed E-state index contributed by atoms with van der Waals surface area (Å²) in [7, 11) is 0. The zero-order valence-electron chi connectivity index (χ0n) is 15.9. The second-order valence-corrected chi connectivity index (χ2v) is 8.65. The number of Topliss-reactive ketones (excluding diaryl/α,β-unsaturated/α-hetero) is 1. The van der Waals surface area contributed by atoms with Crippen molar-refractivity contribution in [3.8, 4) is 6.07 Å². The van der Waals surface area contributed by atoms with Crippen LogP contribution in [0.5, 0.6) is 0 Å². The lowest BCUT2D eigenvalue weighted by atomic mass is 9.79. The van der Waals surface area contributed by atoms with Crippen LogP contribution in [-0.2, 0) is 15.0 Å². The average molecular weight is 385 g/mol. The van der Waals surface area contributed by atoms with E-state index >= 15 is 0 Å². The zero-order valence-corrected chi connectivity index (χ0v) is 16.7. The normalized spacial score (nSPS) is 23.7. The number of carbonyl (C=O) groups is 2. The van der Waals surface area contributed by atoms with Gasteiger partial charge in [0, 0.05) is 23.5 Å². The van der Waals surface area contributed by atoms with Gasteiger partial charge in [0.25, 0.3) is 0 Å². The van der Waals surface area contributed by atoms with E-state index in [4.69, 9.17) is 11.6 Å². The smallest absolute Gasteiger partial charge is 0.233 e. The number of halogens is 1. The number of nitrogens with zero attached hydrogens (tertiary/aromatic N) is 2. The molecule has 1 aliphatic heterocycles. The minimum Gasteiger partial charge on any atom is -0.342 e. The van der Waals surface area contributed by atoms with Crippen LogP contribution in [0.2, 0.25) is 5.02 Å². The first kappa shape index (κ1) is 19.6. The predicted octanol–water partition coefficient (Wildman–Crippen LogP) is 4.43. The summed E-state index contributed by atoms with van der Waals surface area (Å²) in [5.74, 6) is 0.0611. The molecule has 0 spiro atoms. The standard InChI is InChI=1S/C22H25ClN2O2/c1-21(2)10-4-14-25(13-3-5-16(15-24)19(21)26)20(27)22(11-12-22)17-6-8-18(23)9-7-17/h5-9H,3-4,10-14H2,1-2H3/b16-5-. The highest BCUT2D eigenvalue weighted by molar-refractivity contribution is 6.30. The fourth-order valence-electron chi connectivity index (χ4n) is 3.88. The van der Waals surface area contributed by atoms with Crippen molar-refractivity contribution in [3.05, 3.63) is 46.5 Å². The largest absolute Gasteiger partial charge is 0.342 e. The van der Waals surface area contributed by atoms with E-state index in [1.165, 1.54) is 0 Å². The third-order valence-corrected chi connectivity index (χ3v) is 6.05. The number of ketones is 1. The van der Waals surface area contributed by atoms with Crippen molar-refractivity contribution >= 4 is 23.3 Å². The fraction of sp³-hybridized carbons (Fsp3) is 0.500. The second kappa shape index (κ2) is 7.48. The Bertz CT molecular complexity index is 814. The molecular formula is C22H25ClN2O2. The number of hydrogen-bond donors (Lipinski definition) is 0. The molecule has 1 aliphatic carbocycles. The molecule has 0 atom stereocenters. The molecule has 1 amide bonds. The number of amides is 1. The van der Waals surface area contributed by atoms with Gasteiger partial charge >= 0.3 is 0 Å². The molecule has 0 unspecified atom stereocenters. The Morgan fingerprint density at radius 3 is 2.41 bits per heavy atom. The molecule has 1 fully saturated rings. The van der Waals surface area contributed by atoms with Gasteiger partial charge in [-0.2, -0.15) is 5.26 Å². The molecule has 0 aromatic heterocycles. The summed E-state index contributed by atoms with van der Waals surface area (Å²) in [4.78, 5) is 27.8. The van der Waals surface area contributed by atoms with Crippen LogP contribution in [0.15, 0.2) is 35.9 Å². The molecule has 1 aromatic rings. The quantitative estimate of drug-likeness (QED) is 0.757. The summed E-state index contributed by atoms with van der Waals surface area (Å²) in [5, 5.41) is 10.00. The molecular weight excluding hydrogens is 360 g/mol. The summed E-state index contributed by atoms with van der Waals surface area (Å²) in [6.45, 7) is 4.93. The Kier molecular flexibility index (Phi) is 5.44. The van der Waals surface area contributed by atoms with Gasteiger partial charge in [-0.3, -0.25) is 9.59 Å². The maximum absolute atomic E-state index is 13.3. The summed E-state index contributed by atoms with van der Waals surface area (Å²) < 4.78 is 0. The SMILES string of the molecule is CC1(C)CCCN(C(=O)C2(c3ccc(Cl)cc3)CC2)CC/C=C(/C#N)C1=O. The molecule has 0 bridgehead atoms. The van der Waals surface area contributed by atoms with Gasteiger partial charge in [-0.15, -0.1) is 0 Å². The van der Waals surface area contributed by atoms with Crippen LogP contribution < -0.4 is 0 Å². The molecule has 3 rings (SSSR count). The number of rotatable bonds is 2. The van der Waals surface area contributed by atoms with Crippen LogP contribution >= 0.6 is 11.6 Å². The molecule has 4 nitrogen and oxygen atoms in total. The van der Waals surface area contributed by atoms with E-state index in [-0.39, 0.29) is 17.3 Å². The van der Waals surface area contributed by atoms with Crippen LogP contribution in [0, 0.1) is 16.7 Å². The maximum atomic E-state index is 13.3. The van der Waals surface area contributed by atoms with E-state index < -0.39 is 10.8 Å². The van der Waals surface area contributed by atoms with Crippen LogP contribution in [0.4, 0.5) is 0 Å². The van der Waals surface area contributed by atoms with Gasteiger partial charge in [0.15, 0.2) is 5.78 Å². The molecule has 27 heavy (non-hydrogen) atoms. The second-order valence-electron chi connectivity index (χ2n) is 8.22. The molecule has 142 valence electrons. The number of carbonyl (C=O) groups excluding carboxylic acids is 2. The lowest BCUT2D eigenvalue weighted by Crippen LogP contribution is -2.41. The molecule has 0 radical (unpaired) electrons. The summed E-state index contributed by atoms with van der Waals surface area (Å²) in [5.41, 5.74) is 0.231. The first-order valence-corrected chi connectivity index (χ1v) is 9.88. The summed E-state index contributed by atoms with van der Waals surface area (Å²) >= 11 is 5.99. The van der Waals surface area contributed by atoms with Gasteiger partial charge in [-0.25, -0.2) is 0 Å². The molecule has 1 aromatic carbocycles. The number of nitriles is 1. The van der Waals surface area contributed by atoms with Gasteiger partial charge in [0.1, 0.15) is 6.07 Å². The van der Waals surface area contributed by atoms with Gasteiger partial charge in [-0.1, -0.05) is 43.7 Å². The highest BCUT2D eigenvalue weighted by Crippen LogP contribution is 2.50. The molecule has 0 saturated heterocycles. The van der Waals surface area contributed by atoms with Gasteiger partial charge in [0.2, 0.25) is 5.91 Å². The lowest BCUT2D eigenvalue weighted by Gasteiger charge is -2.30. The van der Waals surface area contributed by atoms with E-state index in [0.717, 1.165) is 24.8 Å². The highest BCUT2D eigenvalue weighted by Gasteiger charge is 2.52. The number of allylic oxidation sites excluding steroid dienone is 1. The van der Waals surface area contributed by atoms with Crippen LogP contribution in [-0.4, -0.2) is 29.7 Å². The minimum atomic E-state index is -0.582. The minimum absolute atomic E-state index is 0.0930. The zero-order chi connectivity index (χ0) is 19.7. The van der Waals surface area contributed by atoms with E-state index in [2.05, 4.69) is 0 Å². The molecule has 1 saturated carbocycles. The highest BCUT2D eigenvalue weighted by atomic mass is 35.5. The monoisotopic (exact) mass is 384 g/mol. The summed E-state index contributed by atoms with van der Waals surface area (Å²) in [6, 6.07) is 9.61. The van der Waals surface area contributed by atoms with Crippen LogP contribution in [0.3, 0.4) is 0 Å². The van der Waals surface area contributed by atoms with Crippen molar-refractivity contribution in [2.75, 3.05) is 13.1 Å². The number of hydrogen-bond acceptors (Lipinski definition) is 3. The maximum Gasteiger partial charge on any atom is 0.233 e. The predicted molar refractivity (Wildman–Crippen MR) is 105 cm³/mol. The van der Waals surface area contributed by atoms with Crippen molar-refractivity contribution in [2.24, 2.45) is 5.41 Å². The fourth-order valence-corrected chi connectivity index (χ4v) is 4.01. The Balaban J connectivity index is 1.81. The van der Waals surface area contributed by atoms with Crippen molar-refractivity contribution in [2.45, 2.75) is 51.4 Å². The van der Waals surface area contributed by atoms with E-state index in [1.807, 2.05) is 49.1 Å². The third kappa shape index (κ3) is 3.94. The van der Waals surface area contributed by atoms with Gasteiger partial charge in [0.05, 0.1) is 11.0 Å². The molecule has 5 heteroatoms. The van der Waals surface area contributed by atoms with Gasteiger partial charge in [-0.05, 0) is 49.8 Å².